The molecule has 0 spiro atoms. The summed E-state index contributed by atoms with van der Waals surface area (Å²) in [6.07, 6.45) is 105. The van der Waals surface area contributed by atoms with Crippen LogP contribution in [0.15, 0.2) is 12.2 Å². The van der Waals surface area contributed by atoms with Gasteiger partial charge in [0.05, 0.1) is 25.4 Å². The van der Waals surface area contributed by atoms with Crippen molar-refractivity contribution in [3.8, 4) is 0 Å². The standard InChI is InChI=1S/C86H169NO5/c1-3-5-7-9-11-13-15-17-19-21-23-24-40-43-46-50-54-58-62-66-70-74-78-84(89)83(82-88)87-85(90)79-75-71-67-63-59-55-51-47-44-41-38-36-34-32-30-28-26-25-27-29-31-33-35-37-39-42-45-49-53-57-61-65-69-73-77-81-92-86(91)80-76-72-68-64-60-56-52-48-22-20-18-16-14-12-10-8-6-4-2/h74,78,83-84,88-89H,3-73,75-77,79-82H2,1-2H3,(H,87,90)/b78-74+. The average Bonchev–Trinajstić information content (AvgIpc) is 3.77. The van der Waals surface area contributed by atoms with Crippen LogP contribution < -0.4 is 5.32 Å². The molecule has 0 bridgehead atoms. The summed E-state index contributed by atoms with van der Waals surface area (Å²) in [6, 6.07) is -0.624. The third kappa shape index (κ3) is 77.6. The van der Waals surface area contributed by atoms with Gasteiger partial charge in [-0.1, -0.05) is 469 Å². The molecule has 0 aromatic carbocycles. The quantitative estimate of drug-likeness (QED) is 0.0320. The van der Waals surface area contributed by atoms with Gasteiger partial charge in [-0.25, -0.2) is 0 Å². The lowest BCUT2D eigenvalue weighted by Crippen LogP contribution is -2.45. The van der Waals surface area contributed by atoms with Crippen LogP contribution in [0.2, 0.25) is 0 Å². The van der Waals surface area contributed by atoms with E-state index in [9.17, 15) is 19.8 Å². The van der Waals surface area contributed by atoms with Crippen molar-refractivity contribution in [1.29, 1.82) is 0 Å². The van der Waals surface area contributed by atoms with E-state index in [4.69, 9.17) is 4.74 Å². The van der Waals surface area contributed by atoms with Gasteiger partial charge >= 0.3 is 5.97 Å². The highest BCUT2D eigenvalue weighted by molar-refractivity contribution is 5.76. The van der Waals surface area contributed by atoms with Crippen LogP contribution >= 0.6 is 0 Å². The Labute approximate surface area is 578 Å². The maximum atomic E-state index is 12.6. The molecule has 0 rings (SSSR count). The van der Waals surface area contributed by atoms with Crippen LogP contribution in [0.4, 0.5) is 0 Å². The van der Waals surface area contributed by atoms with Crippen molar-refractivity contribution in [2.24, 2.45) is 0 Å². The molecule has 0 aliphatic heterocycles. The molecule has 92 heavy (non-hydrogen) atoms. The number of rotatable bonds is 82. The van der Waals surface area contributed by atoms with Crippen molar-refractivity contribution >= 4 is 11.9 Å². The smallest absolute Gasteiger partial charge is 0.305 e. The van der Waals surface area contributed by atoms with Gasteiger partial charge in [-0.3, -0.25) is 9.59 Å². The minimum atomic E-state index is -0.841. The summed E-state index contributed by atoms with van der Waals surface area (Å²) < 4.78 is 5.52. The van der Waals surface area contributed by atoms with Crippen LogP contribution in [0.1, 0.15) is 502 Å². The van der Waals surface area contributed by atoms with Gasteiger partial charge in [0.1, 0.15) is 0 Å². The first-order valence-electron chi connectivity index (χ1n) is 43.0. The predicted octanol–water partition coefficient (Wildman–Crippen LogP) is 28.6. The Kier molecular flexibility index (Phi) is 80.8. The summed E-state index contributed by atoms with van der Waals surface area (Å²) in [6.45, 7) is 4.98. The zero-order valence-electron chi connectivity index (χ0n) is 63.1. The Balaban J connectivity index is 3.32. The maximum Gasteiger partial charge on any atom is 0.305 e. The minimum Gasteiger partial charge on any atom is -0.466 e. The fraction of sp³-hybridized carbons (Fsp3) is 0.953. The molecule has 6 nitrogen and oxygen atoms in total. The third-order valence-corrected chi connectivity index (χ3v) is 20.6. The molecule has 0 heterocycles. The molecule has 0 radical (unpaired) electrons. The Morgan fingerprint density at radius 3 is 0.739 bits per heavy atom. The Morgan fingerprint density at radius 1 is 0.293 bits per heavy atom. The van der Waals surface area contributed by atoms with Crippen LogP contribution in [0.5, 0.6) is 0 Å². The molecular weight excluding hydrogens is 1130 g/mol. The van der Waals surface area contributed by atoms with Gasteiger partial charge in [0.15, 0.2) is 0 Å². The van der Waals surface area contributed by atoms with Crippen molar-refractivity contribution in [2.45, 2.75) is 514 Å². The first-order chi connectivity index (χ1) is 45.5. The number of aliphatic hydroxyl groups is 2. The number of hydrogen-bond donors (Lipinski definition) is 3. The number of amides is 1. The fourth-order valence-electron chi connectivity index (χ4n) is 14.1. The molecule has 0 saturated heterocycles. The van der Waals surface area contributed by atoms with Gasteiger partial charge in [0.25, 0.3) is 0 Å². The van der Waals surface area contributed by atoms with E-state index in [1.807, 2.05) is 6.08 Å². The number of hydrogen-bond acceptors (Lipinski definition) is 5. The monoisotopic (exact) mass is 1300 g/mol. The Bertz CT molecular complexity index is 1400. The van der Waals surface area contributed by atoms with Crippen LogP contribution in [0.3, 0.4) is 0 Å². The summed E-state index contributed by atoms with van der Waals surface area (Å²) in [5.41, 5.74) is 0. The van der Waals surface area contributed by atoms with E-state index in [0.717, 1.165) is 38.5 Å². The van der Waals surface area contributed by atoms with Crippen molar-refractivity contribution < 1.29 is 24.5 Å². The number of allylic oxidation sites excluding steroid dienone is 1. The summed E-state index contributed by atoms with van der Waals surface area (Å²) >= 11 is 0. The highest BCUT2D eigenvalue weighted by atomic mass is 16.5. The van der Waals surface area contributed by atoms with Crippen LogP contribution in [0, 0.1) is 0 Å². The second-order valence-electron chi connectivity index (χ2n) is 29.9. The van der Waals surface area contributed by atoms with Gasteiger partial charge in [-0.05, 0) is 32.1 Å². The zero-order valence-corrected chi connectivity index (χ0v) is 63.1. The average molecular weight is 1300 g/mol. The van der Waals surface area contributed by atoms with Crippen LogP contribution in [-0.2, 0) is 14.3 Å². The number of ether oxygens (including phenoxy) is 1. The minimum absolute atomic E-state index is 0.0283. The number of carbonyl (C=O) groups is 2. The van der Waals surface area contributed by atoms with E-state index in [2.05, 4.69) is 19.2 Å². The predicted molar refractivity (Wildman–Crippen MR) is 407 cm³/mol. The van der Waals surface area contributed by atoms with E-state index in [0.29, 0.717) is 19.4 Å². The normalized spacial score (nSPS) is 12.4. The van der Waals surface area contributed by atoms with Crippen LogP contribution in [0.25, 0.3) is 0 Å². The molecule has 2 atom stereocenters. The molecule has 3 N–H and O–H groups in total. The SMILES string of the molecule is CCCCCCCCCCCCCCCCCCCCCC/C=C/C(O)C(CO)NC(=O)CCCCCCCCCCCCCCCCCCCCCCCCCCCCCCCCCCCCCOC(=O)CCCCCCCCCCCCCCCCCCCC. The summed E-state index contributed by atoms with van der Waals surface area (Å²) in [7, 11) is 0. The van der Waals surface area contributed by atoms with E-state index in [1.165, 1.54) is 437 Å². The van der Waals surface area contributed by atoms with E-state index in [-0.39, 0.29) is 18.5 Å². The molecule has 2 unspecified atom stereocenters. The van der Waals surface area contributed by atoms with Gasteiger partial charge in [0, 0.05) is 12.8 Å². The number of unbranched alkanes of at least 4 members (excludes halogenated alkanes) is 71. The number of aliphatic hydroxyl groups excluding tert-OH is 2. The first-order valence-corrected chi connectivity index (χ1v) is 43.0. The molecule has 0 saturated carbocycles. The third-order valence-electron chi connectivity index (χ3n) is 20.6. The highest BCUT2D eigenvalue weighted by Crippen LogP contribution is 2.21. The molecule has 0 aliphatic rings. The summed E-state index contributed by atoms with van der Waals surface area (Å²) in [5.74, 6) is -0.0286. The number of carbonyl (C=O) groups excluding carboxylic acids is 2. The molecule has 6 heteroatoms. The van der Waals surface area contributed by atoms with E-state index >= 15 is 0 Å². The van der Waals surface area contributed by atoms with Crippen molar-refractivity contribution in [3.63, 3.8) is 0 Å². The second-order valence-corrected chi connectivity index (χ2v) is 29.9. The lowest BCUT2D eigenvalue weighted by Gasteiger charge is -2.20. The highest BCUT2D eigenvalue weighted by Gasteiger charge is 2.18. The number of esters is 1. The van der Waals surface area contributed by atoms with Crippen molar-refractivity contribution in [3.05, 3.63) is 12.2 Å². The summed E-state index contributed by atoms with van der Waals surface area (Å²) in [4.78, 5) is 24.7. The summed E-state index contributed by atoms with van der Waals surface area (Å²) in [5, 5.41) is 23.3. The molecule has 548 valence electrons. The van der Waals surface area contributed by atoms with E-state index in [1.54, 1.807) is 6.08 Å². The topological polar surface area (TPSA) is 95.9 Å². The molecule has 0 aliphatic carbocycles. The molecule has 0 aromatic heterocycles. The molecule has 0 aromatic rings. The van der Waals surface area contributed by atoms with Crippen molar-refractivity contribution in [1.82, 2.24) is 5.32 Å². The second kappa shape index (κ2) is 82.0. The van der Waals surface area contributed by atoms with E-state index < -0.39 is 12.1 Å². The van der Waals surface area contributed by atoms with Gasteiger partial charge < -0.3 is 20.3 Å². The lowest BCUT2D eigenvalue weighted by molar-refractivity contribution is -0.143. The lowest BCUT2D eigenvalue weighted by atomic mass is 10.0. The van der Waals surface area contributed by atoms with Gasteiger partial charge in [-0.15, -0.1) is 0 Å². The largest absolute Gasteiger partial charge is 0.466 e. The fourth-order valence-corrected chi connectivity index (χ4v) is 14.1. The molecular formula is C86H169NO5. The van der Waals surface area contributed by atoms with Gasteiger partial charge in [-0.2, -0.15) is 0 Å². The molecule has 1 amide bonds. The van der Waals surface area contributed by atoms with Crippen LogP contribution in [-0.4, -0.2) is 47.4 Å². The Morgan fingerprint density at radius 2 is 0.500 bits per heavy atom. The Hall–Kier alpha value is -1.40. The van der Waals surface area contributed by atoms with Gasteiger partial charge in [0.2, 0.25) is 5.91 Å². The maximum absolute atomic E-state index is 12.6. The zero-order chi connectivity index (χ0) is 66.3. The molecule has 0 fully saturated rings. The van der Waals surface area contributed by atoms with Crippen molar-refractivity contribution in [2.75, 3.05) is 13.2 Å². The number of nitrogens with one attached hydrogen (secondary N) is 1. The first kappa shape index (κ1) is 90.6.